The van der Waals surface area contributed by atoms with Crippen molar-refractivity contribution in [3.8, 4) is 27.6 Å². The van der Waals surface area contributed by atoms with Crippen LogP contribution in [0.15, 0.2) is 59.1 Å². The number of carbonyl (C=O) groups excluding carboxylic acids is 1. The number of alkyl halides is 2. The van der Waals surface area contributed by atoms with Crippen LogP contribution in [0.25, 0.3) is 32.0 Å². The summed E-state index contributed by atoms with van der Waals surface area (Å²) in [6, 6.07) is 11.2. The molecule has 1 amide bonds. The lowest BCUT2D eigenvalue weighted by molar-refractivity contribution is 0.0776. The van der Waals surface area contributed by atoms with E-state index in [0.29, 0.717) is 68.8 Å². The Bertz CT molecular complexity index is 2400. The van der Waals surface area contributed by atoms with E-state index in [0.717, 1.165) is 29.9 Å². The fourth-order valence-electron chi connectivity index (χ4n) is 7.87. The molecule has 264 valence electrons. The van der Waals surface area contributed by atoms with Crippen LogP contribution >= 0.6 is 11.3 Å². The zero-order valence-corrected chi connectivity index (χ0v) is 28.7. The van der Waals surface area contributed by atoms with Crippen molar-refractivity contribution < 1.29 is 31.5 Å². The van der Waals surface area contributed by atoms with Gasteiger partial charge in [0.2, 0.25) is 11.8 Å². The molecule has 6 aromatic rings. The summed E-state index contributed by atoms with van der Waals surface area (Å²) in [6.07, 6.45) is 0.0502. The number of fused-ring (bicyclic) bond motifs is 5. The summed E-state index contributed by atoms with van der Waals surface area (Å²) in [5.74, 6) is -0.701. The number of amides is 1. The lowest BCUT2D eigenvalue weighted by Crippen LogP contribution is -2.22. The van der Waals surface area contributed by atoms with Crippen LogP contribution in [0, 0.1) is 18.6 Å². The minimum absolute atomic E-state index is 0.130. The number of rotatable bonds is 8. The number of nitrogens with one attached hydrogen (secondary N) is 1. The number of aryl methyl sites for hydroxylation is 3. The van der Waals surface area contributed by atoms with Crippen LogP contribution in [-0.2, 0) is 12.8 Å². The zero-order valence-electron chi connectivity index (χ0n) is 27.9. The van der Waals surface area contributed by atoms with E-state index >= 15 is 8.78 Å². The van der Waals surface area contributed by atoms with Crippen molar-refractivity contribution in [2.45, 2.75) is 57.0 Å². The lowest BCUT2D eigenvalue weighted by Gasteiger charge is -2.18. The third-order valence-electron chi connectivity index (χ3n) is 10.2. The molecule has 0 bridgehead atoms. The molecule has 1 N–H and O–H groups in total. The average molecular weight is 727 g/mol. The molecule has 1 saturated heterocycles. The van der Waals surface area contributed by atoms with Gasteiger partial charge in [0.05, 0.1) is 46.4 Å². The third-order valence-corrected chi connectivity index (χ3v) is 11.4. The zero-order chi connectivity index (χ0) is 35.8. The van der Waals surface area contributed by atoms with Crippen molar-refractivity contribution in [2.24, 2.45) is 0 Å². The first kappa shape index (κ1) is 32.5. The van der Waals surface area contributed by atoms with Gasteiger partial charge in [0.25, 0.3) is 5.91 Å². The fourth-order valence-corrected chi connectivity index (χ4v) is 9.03. The Balaban J connectivity index is 1.20. The number of thiophene rings is 1. The highest BCUT2D eigenvalue weighted by molar-refractivity contribution is 7.23. The maximum absolute atomic E-state index is 15.7. The van der Waals surface area contributed by atoms with Crippen LogP contribution in [0.4, 0.5) is 23.4 Å². The first-order valence-electron chi connectivity index (χ1n) is 16.9. The summed E-state index contributed by atoms with van der Waals surface area (Å²) in [4.78, 5) is 26.4. The van der Waals surface area contributed by atoms with Gasteiger partial charge in [0.1, 0.15) is 11.6 Å². The highest BCUT2D eigenvalue weighted by Gasteiger charge is 2.46. The quantitative estimate of drug-likeness (QED) is 0.156. The first-order chi connectivity index (χ1) is 25.2. The number of methoxy groups -OCH3 is 1. The van der Waals surface area contributed by atoms with Crippen LogP contribution in [0.1, 0.15) is 75.4 Å². The van der Waals surface area contributed by atoms with Gasteiger partial charge in [-0.2, -0.15) is 0 Å². The van der Waals surface area contributed by atoms with E-state index in [1.165, 1.54) is 36.6 Å². The Morgan fingerprint density at radius 2 is 1.87 bits per heavy atom. The normalized spacial score (nSPS) is 20.4. The molecule has 52 heavy (non-hydrogen) atoms. The van der Waals surface area contributed by atoms with Crippen LogP contribution < -0.4 is 10.1 Å². The van der Waals surface area contributed by atoms with E-state index in [1.807, 2.05) is 11.0 Å². The summed E-state index contributed by atoms with van der Waals surface area (Å²) < 4.78 is 71.0. The molecule has 1 aliphatic carbocycles. The predicted molar refractivity (Wildman–Crippen MR) is 186 cm³/mol. The largest absolute Gasteiger partial charge is 0.493 e. The number of benzene rings is 2. The van der Waals surface area contributed by atoms with Gasteiger partial charge < -0.3 is 19.4 Å². The van der Waals surface area contributed by atoms with Crippen molar-refractivity contribution in [1.29, 1.82) is 0 Å². The molecule has 0 saturated carbocycles. The molecule has 4 atom stereocenters. The molecular weight excluding hydrogens is 697 g/mol. The highest BCUT2D eigenvalue weighted by Crippen LogP contribution is 2.52. The van der Waals surface area contributed by atoms with Crippen molar-refractivity contribution in [2.75, 3.05) is 19.0 Å². The number of halogens is 4. The summed E-state index contributed by atoms with van der Waals surface area (Å²) in [5.41, 5.74) is 3.96. The first-order valence-corrected chi connectivity index (χ1v) is 17.8. The second-order valence-corrected chi connectivity index (χ2v) is 14.3. The fraction of sp³-hybridized carbons (Fsp3) is 0.289. The summed E-state index contributed by atoms with van der Waals surface area (Å²) in [7, 11) is 1.22. The standard InChI is InChI=1S/C38H30F4N6O3S/c1-17-46-47-37(51-17)27-23(12-7-18-5-8-20(39)9-6-18)44-33-24-4-3-15-48(24)38(49)29(33)28(27)25-16-19-13-14-43-36(35(19)52-25)45-32-21-10-11-22(40)34(50-2)26(21)30(41)31(32)42/h5-6,8-11,13-14,16,24,30-32H,3-4,7,12,15H2,1-2H3,(H,43,45)/t24-,30+,31-,32-/m1/s1. The Morgan fingerprint density at radius 3 is 2.63 bits per heavy atom. The van der Waals surface area contributed by atoms with Crippen molar-refractivity contribution in [3.63, 3.8) is 0 Å². The smallest absolute Gasteiger partial charge is 0.257 e. The summed E-state index contributed by atoms with van der Waals surface area (Å²) in [6.45, 7) is 2.30. The van der Waals surface area contributed by atoms with E-state index in [-0.39, 0.29) is 40.5 Å². The second kappa shape index (κ2) is 12.4. The molecular formula is C38H30F4N6O3S. The molecule has 0 spiro atoms. The monoisotopic (exact) mass is 726 g/mol. The molecule has 9 nitrogen and oxygen atoms in total. The van der Waals surface area contributed by atoms with E-state index in [9.17, 15) is 13.6 Å². The maximum Gasteiger partial charge on any atom is 0.257 e. The van der Waals surface area contributed by atoms with Gasteiger partial charge in [-0.3, -0.25) is 9.78 Å². The topological polar surface area (TPSA) is 106 Å². The van der Waals surface area contributed by atoms with Crippen molar-refractivity contribution >= 4 is 33.1 Å². The molecule has 2 aliphatic heterocycles. The molecule has 0 radical (unpaired) electrons. The average Bonchev–Trinajstić information content (AvgIpc) is 3.97. The number of hydrogen-bond acceptors (Lipinski definition) is 9. The van der Waals surface area contributed by atoms with Crippen LogP contribution in [0.3, 0.4) is 0 Å². The number of aromatic nitrogens is 4. The van der Waals surface area contributed by atoms with Gasteiger partial charge in [-0.1, -0.05) is 18.2 Å². The Morgan fingerprint density at radius 1 is 1.04 bits per heavy atom. The number of ether oxygens (including phenoxy) is 1. The Labute approximate surface area is 298 Å². The Kier molecular flexibility index (Phi) is 7.75. The van der Waals surface area contributed by atoms with Crippen LogP contribution in [0.5, 0.6) is 5.75 Å². The molecule has 0 unspecified atom stereocenters. The van der Waals surface area contributed by atoms with Gasteiger partial charge in [0.15, 0.2) is 23.9 Å². The molecule has 6 heterocycles. The van der Waals surface area contributed by atoms with Gasteiger partial charge in [-0.05, 0) is 72.5 Å². The summed E-state index contributed by atoms with van der Waals surface area (Å²) in [5, 5.41) is 12.3. The van der Waals surface area contributed by atoms with Gasteiger partial charge in [0, 0.05) is 35.7 Å². The minimum Gasteiger partial charge on any atom is -0.493 e. The van der Waals surface area contributed by atoms with Crippen molar-refractivity contribution in [3.05, 3.63) is 106 Å². The second-order valence-electron chi connectivity index (χ2n) is 13.2. The van der Waals surface area contributed by atoms with Crippen molar-refractivity contribution in [1.82, 2.24) is 25.1 Å². The number of pyridine rings is 2. The minimum atomic E-state index is -2.11. The molecule has 14 heteroatoms. The van der Waals surface area contributed by atoms with E-state index < -0.39 is 24.2 Å². The van der Waals surface area contributed by atoms with Gasteiger partial charge >= 0.3 is 0 Å². The number of nitrogens with zero attached hydrogens (tertiary/aromatic N) is 5. The van der Waals surface area contributed by atoms with Gasteiger partial charge in [-0.25, -0.2) is 22.5 Å². The molecule has 9 rings (SSSR count). The van der Waals surface area contributed by atoms with E-state index in [2.05, 4.69) is 20.5 Å². The van der Waals surface area contributed by atoms with E-state index in [4.69, 9.17) is 14.1 Å². The third kappa shape index (κ3) is 5.06. The number of hydrogen-bond donors (Lipinski definition) is 1. The summed E-state index contributed by atoms with van der Waals surface area (Å²) >= 11 is 1.33. The lowest BCUT2D eigenvalue weighted by atomic mass is 9.93. The molecule has 4 aromatic heterocycles. The molecule has 1 fully saturated rings. The predicted octanol–water partition coefficient (Wildman–Crippen LogP) is 8.59. The number of anilines is 1. The molecule has 2 aromatic carbocycles. The SMILES string of the molecule is COc1c(F)ccc2c1[C@H](F)[C@@H](F)[C@@H]2Nc1nccc2cc(-c3c4c(nc(CCc5ccc(F)cc5)c3-c3nnc(C)o3)[C@H]3CCCN3C4=O)sc12. The Hall–Kier alpha value is -5.37. The van der Waals surface area contributed by atoms with Crippen LogP contribution in [-0.4, -0.2) is 50.8 Å². The highest BCUT2D eigenvalue weighted by atomic mass is 32.1. The molecule has 3 aliphatic rings. The van der Waals surface area contributed by atoms with E-state index in [1.54, 1.807) is 31.3 Å². The van der Waals surface area contributed by atoms with Crippen LogP contribution in [0.2, 0.25) is 0 Å². The van der Waals surface area contributed by atoms with Gasteiger partial charge in [-0.15, -0.1) is 21.5 Å². The maximum atomic E-state index is 15.7. The number of carbonyl (C=O) groups is 1.